The van der Waals surface area contributed by atoms with Gasteiger partial charge in [0.15, 0.2) is 0 Å². The number of urea groups is 1. The van der Waals surface area contributed by atoms with Gasteiger partial charge in [-0.2, -0.15) is 0 Å². The first-order chi connectivity index (χ1) is 10.2. The van der Waals surface area contributed by atoms with E-state index in [4.69, 9.17) is 0 Å². The number of anilines is 1. The predicted molar refractivity (Wildman–Crippen MR) is 82.1 cm³/mol. The van der Waals surface area contributed by atoms with Crippen molar-refractivity contribution in [2.75, 3.05) is 18.4 Å². The summed E-state index contributed by atoms with van der Waals surface area (Å²) >= 11 is 0. The first-order valence-electron chi connectivity index (χ1n) is 7.00. The van der Waals surface area contributed by atoms with Crippen molar-refractivity contribution >= 4 is 28.4 Å². The monoisotopic (exact) mass is 283 g/mol. The van der Waals surface area contributed by atoms with Crippen LogP contribution in [-0.4, -0.2) is 36.0 Å². The summed E-state index contributed by atoms with van der Waals surface area (Å²) in [5, 5.41) is 7.72. The Morgan fingerprint density at radius 1 is 1.24 bits per heavy atom. The molecule has 3 amide bonds. The summed E-state index contributed by atoms with van der Waals surface area (Å²) in [5.41, 5.74) is 0.760. The summed E-state index contributed by atoms with van der Waals surface area (Å²) < 4.78 is 0. The lowest BCUT2D eigenvalue weighted by Crippen LogP contribution is -2.56. The molecule has 5 heteroatoms. The molecule has 108 valence electrons. The average molecular weight is 283 g/mol. The van der Waals surface area contributed by atoms with Gasteiger partial charge < -0.3 is 15.5 Å². The minimum atomic E-state index is -0.450. The zero-order chi connectivity index (χ0) is 14.8. The number of fused-ring (bicyclic) bond motifs is 1. The summed E-state index contributed by atoms with van der Waals surface area (Å²) in [4.78, 5) is 25.6. The van der Waals surface area contributed by atoms with Crippen molar-refractivity contribution in [1.29, 1.82) is 0 Å². The summed E-state index contributed by atoms with van der Waals surface area (Å²) in [6.07, 6.45) is 0. The fourth-order valence-corrected chi connectivity index (χ4v) is 2.58. The van der Waals surface area contributed by atoms with Crippen LogP contribution in [0.1, 0.15) is 6.92 Å². The number of hydrogen-bond donors (Lipinski definition) is 2. The van der Waals surface area contributed by atoms with E-state index in [0.717, 1.165) is 16.5 Å². The van der Waals surface area contributed by atoms with Crippen molar-refractivity contribution in [2.45, 2.75) is 13.0 Å². The van der Waals surface area contributed by atoms with Gasteiger partial charge in [-0.25, -0.2) is 4.79 Å². The van der Waals surface area contributed by atoms with Crippen LogP contribution in [0.4, 0.5) is 10.5 Å². The third kappa shape index (κ3) is 2.54. The van der Waals surface area contributed by atoms with Gasteiger partial charge in [0, 0.05) is 18.5 Å². The third-order valence-corrected chi connectivity index (χ3v) is 3.79. The molecular formula is C16H17N3O2. The van der Waals surface area contributed by atoms with Crippen molar-refractivity contribution < 1.29 is 9.59 Å². The standard InChI is InChI=1S/C16H17N3O2/c1-11-15(20)17-9-10-19(11)16(21)18-14-8-4-6-12-5-2-3-7-13(12)14/h2-8,11H,9-10H2,1H3,(H,17,20)(H,18,21). The Kier molecular flexibility index (Phi) is 3.48. The highest BCUT2D eigenvalue weighted by molar-refractivity contribution is 6.02. The normalized spacial score (nSPS) is 18.4. The van der Waals surface area contributed by atoms with Crippen LogP contribution in [-0.2, 0) is 4.79 Å². The van der Waals surface area contributed by atoms with E-state index in [-0.39, 0.29) is 11.9 Å². The maximum Gasteiger partial charge on any atom is 0.322 e. The molecule has 1 unspecified atom stereocenters. The predicted octanol–water partition coefficient (Wildman–Crippen LogP) is 2.19. The number of nitrogens with zero attached hydrogens (tertiary/aromatic N) is 1. The van der Waals surface area contributed by atoms with Gasteiger partial charge in [0.2, 0.25) is 5.91 Å². The number of rotatable bonds is 1. The number of carbonyl (C=O) groups is 2. The maximum absolute atomic E-state index is 12.4. The lowest BCUT2D eigenvalue weighted by molar-refractivity contribution is -0.126. The number of benzene rings is 2. The summed E-state index contributed by atoms with van der Waals surface area (Å²) in [5.74, 6) is -0.116. The molecule has 1 atom stereocenters. The van der Waals surface area contributed by atoms with Gasteiger partial charge in [0.25, 0.3) is 0 Å². The molecule has 2 N–H and O–H groups in total. The zero-order valence-corrected chi connectivity index (χ0v) is 11.8. The Labute approximate surface area is 122 Å². The molecule has 2 aromatic rings. The van der Waals surface area contributed by atoms with E-state index in [9.17, 15) is 9.59 Å². The van der Waals surface area contributed by atoms with E-state index < -0.39 is 6.04 Å². The fraction of sp³-hybridized carbons (Fsp3) is 0.250. The molecule has 0 radical (unpaired) electrons. The van der Waals surface area contributed by atoms with Gasteiger partial charge in [-0.05, 0) is 18.4 Å². The largest absolute Gasteiger partial charge is 0.353 e. The van der Waals surface area contributed by atoms with E-state index in [1.807, 2.05) is 42.5 Å². The molecule has 1 aliphatic rings. The van der Waals surface area contributed by atoms with Crippen LogP contribution in [0.15, 0.2) is 42.5 Å². The van der Waals surface area contributed by atoms with Crippen molar-refractivity contribution in [3.63, 3.8) is 0 Å². The molecule has 21 heavy (non-hydrogen) atoms. The number of nitrogens with one attached hydrogen (secondary N) is 2. The Morgan fingerprint density at radius 3 is 2.86 bits per heavy atom. The number of piperazine rings is 1. The third-order valence-electron chi connectivity index (χ3n) is 3.79. The molecule has 1 aliphatic heterocycles. The van der Waals surface area contributed by atoms with Crippen molar-refractivity contribution in [2.24, 2.45) is 0 Å². The van der Waals surface area contributed by atoms with Crippen molar-refractivity contribution in [3.8, 4) is 0 Å². The van der Waals surface area contributed by atoms with Crippen LogP contribution in [0, 0.1) is 0 Å². The van der Waals surface area contributed by atoms with E-state index in [0.29, 0.717) is 13.1 Å². The quantitative estimate of drug-likeness (QED) is 0.842. The zero-order valence-electron chi connectivity index (χ0n) is 11.8. The number of amides is 3. The van der Waals surface area contributed by atoms with E-state index in [1.54, 1.807) is 11.8 Å². The highest BCUT2D eigenvalue weighted by atomic mass is 16.2. The Balaban J connectivity index is 1.85. The van der Waals surface area contributed by atoms with Crippen LogP contribution in [0.2, 0.25) is 0 Å². The van der Waals surface area contributed by atoms with Crippen molar-refractivity contribution in [1.82, 2.24) is 10.2 Å². The van der Waals surface area contributed by atoms with Crippen LogP contribution in [0.5, 0.6) is 0 Å². The molecule has 2 aromatic carbocycles. The molecule has 0 aromatic heterocycles. The molecule has 0 saturated carbocycles. The molecule has 1 saturated heterocycles. The van der Waals surface area contributed by atoms with E-state index in [2.05, 4.69) is 10.6 Å². The fourth-order valence-electron chi connectivity index (χ4n) is 2.58. The smallest absolute Gasteiger partial charge is 0.322 e. The van der Waals surface area contributed by atoms with E-state index >= 15 is 0 Å². The maximum atomic E-state index is 12.4. The van der Waals surface area contributed by atoms with Crippen LogP contribution >= 0.6 is 0 Å². The van der Waals surface area contributed by atoms with Gasteiger partial charge in [-0.15, -0.1) is 0 Å². The highest BCUT2D eigenvalue weighted by Gasteiger charge is 2.29. The van der Waals surface area contributed by atoms with Crippen LogP contribution in [0.25, 0.3) is 10.8 Å². The molecule has 5 nitrogen and oxygen atoms in total. The van der Waals surface area contributed by atoms with Crippen LogP contribution < -0.4 is 10.6 Å². The first kappa shape index (κ1) is 13.4. The van der Waals surface area contributed by atoms with E-state index in [1.165, 1.54) is 0 Å². The number of hydrogen-bond acceptors (Lipinski definition) is 2. The molecular weight excluding hydrogens is 266 g/mol. The second kappa shape index (κ2) is 5.44. The summed E-state index contributed by atoms with van der Waals surface area (Å²) in [6.45, 7) is 2.74. The Bertz CT molecular complexity index is 693. The number of carbonyl (C=O) groups excluding carboxylic acids is 2. The second-order valence-corrected chi connectivity index (χ2v) is 5.12. The summed E-state index contributed by atoms with van der Waals surface area (Å²) in [7, 11) is 0. The highest BCUT2D eigenvalue weighted by Crippen LogP contribution is 2.23. The Hall–Kier alpha value is -2.56. The molecule has 1 fully saturated rings. The lowest BCUT2D eigenvalue weighted by Gasteiger charge is -2.32. The lowest BCUT2D eigenvalue weighted by atomic mass is 10.1. The molecule has 0 bridgehead atoms. The Morgan fingerprint density at radius 2 is 2.00 bits per heavy atom. The van der Waals surface area contributed by atoms with Gasteiger partial charge >= 0.3 is 6.03 Å². The van der Waals surface area contributed by atoms with Crippen molar-refractivity contribution in [3.05, 3.63) is 42.5 Å². The molecule has 0 spiro atoms. The van der Waals surface area contributed by atoms with Gasteiger partial charge in [0.05, 0.1) is 5.69 Å². The average Bonchev–Trinajstić information content (AvgIpc) is 2.50. The topological polar surface area (TPSA) is 61.4 Å². The summed E-state index contributed by atoms with van der Waals surface area (Å²) in [6, 6.07) is 13.0. The molecule has 0 aliphatic carbocycles. The second-order valence-electron chi connectivity index (χ2n) is 5.12. The molecule has 3 rings (SSSR count). The van der Waals surface area contributed by atoms with Gasteiger partial charge in [0.1, 0.15) is 6.04 Å². The minimum Gasteiger partial charge on any atom is -0.353 e. The molecule has 1 heterocycles. The SMILES string of the molecule is CC1C(=O)NCCN1C(=O)Nc1cccc2ccccc12. The first-order valence-corrected chi connectivity index (χ1v) is 7.00. The minimum absolute atomic E-state index is 0.116. The van der Waals surface area contributed by atoms with Gasteiger partial charge in [-0.3, -0.25) is 4.79 Å². The van der Waals surface area contributed by atoms with Gasteiger partial charge in [-0.1, -0.05) is 36.4 Å². The van der Waals surface area contributed by atoms with Crippen LogP contribution in [0.3, 0.4) is 0 Å².